The fourth-order valence-electron chi connectivity index (χ4n) is 6.08. The molecule has 2 aliphatic heterocycles. The number of carbonyl (C=O) groups is 4. The van der Waals surface area contributed by atoms with Crippen LogP contribution in [0.2, 0.25) is 0 Å². The van der Waals surface area contributed by atoms with Gasteiger partial charge in [-0.05, 0) is 55.0 Å². The predicted molar refractivity (Wildman–Crippen MR) is 172 cm³/mol. The van der Waals surface area contributed by atoms with Crippen LogP contribution in [0.1, 0.15) is 59.2 Å². The van der Waals surface area contributed by atoms with E-state index in [0.29, 0.717) is 43.6 Å². The largest absolute Gasteiger partial charge is 0.393 e. The Balaban J connectivity index is 1.32. The number of carbonyl (C=O) groups excluding carboxylic acids is 4. The predicted octanol–water partition coefficient (Wildman–Crippen LogP) is 4.02. The van der Waals surface area contributed by atoms with Crippen LogP contribution >= 0.6 is 0 Å². The zero-order valence-electron chi connectivity index (χ0n) is 26.1. The SMILES string of the molecule is Cc1ccc(NC(=O)[C@H](CCN2CCC(O)CC2)NC(=O)[C@@H]2Cc3ccccc3CN2C(=O)CCC(=O)c2ccccc2)c(F)c1. The van der Waals surface area contributed by atoms with Gasteiger partial charge < -0.3 is 25.5 Å². The van der Waals surface area contributed by atoms with Gasteiger partial charge >= 0.3 is 0 Å². The summed E-state index contributed by atoms with van der Waals surface area (Å²) in [7, 11) is 0. The van der Waals surface area contributed by atoms with Crippen molar-refractivity contribution < 1.29 is 28.7 Å². The normalized spacial score (nSPS) is 17.5. The van der Waals surface area contributed by atoms with Crippen LogP contribution in [0.3, 0.4) is 0 Å². The minimum Gasteiger partial charge on any atom is -0.393 e. The monoisotopic (exact) mass is 628 g/mol. The van der Waals surface area contributed by atoms with Crippen molar-refractivity contribution in [2.24, 2.45) is 0 Å². The first kappa shape index (κ1) is 33.0. The number of aryl methyl sites for hydroxylation is 1. The average molecular weight is 629 g/mol. The Morgan fingerprint density at radius 3 is 2.35 bits per heavy atom. The molecule has 242 valence electrons. The molecular weight excluding hydrogens is 587 g/mol. The van der Waals surface area contributed by atoms with Gasteiger partial charge in [-0.1, -0.05) is 60.7 Å². The number of Topliss-reactive ketones (excluding diaryl/α,β-unsaturated/α-hetero) is 1. The summed E-state index contributed by atoms with van der Waals surface area (Å²) in [4.78, 5) is 57.5. The number of nitrogens with one attached hydrogen (secondary N) is 2. The molecule has 0 radical (unpaired) electrons. The first-order chi connectivity index (χ1) is 22.2. The number of fused-ring (bicyclic) bond motifs is 1. The molecule has 0 aliphatic carbocycles. The molecule has 0 unspecified atom stereocenters. The van der Waals surface area contributed by atoms with E-state index in [9.17, 15) is 28.7 Å². The van der Waals surface area contributed by atoms with Gasteiger partial charge in [0.15, 0.2) is 5.78 Å². The van der Waals surface area contributed by atoms with Crippen molar-refractivity contribution in [3.05, 3.63) is 101 Å². The fraction of sp³-hybridized carbons (Fsp3) is 0.389. The Hall–Kier alpha value is -4.41. The van der Waals surface area contributed by atoms with E-state index in [1.165, 1.54) is 17.0 Å². The van der Waals surface area contributed by atoms with Gasteiger partial charge in [0.2, 0.25) is 17.7 Å². The molecule has 3 aromatic carbocycles. The number of nitrogens with zero attached hydrogens (tertiary/aromatic N) is 2. The number of amides is 3. The van der Waals surface area contributed by atoms with E-state index in [2.05, 4.69) is 15.5 Å². The lowest BCUT2D eigenvalue weighted by Crippen LogP contribution is -2.56. The highest BCUT2D eigenvalue weighted by Crippen LogP contribution is 2.25. The maximum Gasteiger partial charge on any atom is 0.247 e. The first-order valence-corrected chi connectivity index (χ1v) is 15.9. The molecule has 2 aliphatic rings. The van der Waals surface area contributed by atoms with E-state index in [1.54, 1.807) is 37.3 Å². The van der Waals surface area contributed by atoms with Crippen LogP contribution in [0.15, 0.2) is 72.8 Å². The van der Waals surface area contributed by atoms with Crippen molar-refractivity contribution in [1.29, 1.82) is 0 Å². The van der Waals surface area contributed by atoms with Gasteiger partial charge in [0.25, 0.3) is 0 Å². The van der Waals surface area contributed by atoms with Gasteiger partial charge in [-0.3, -0.25) is 19.2 Å². The third kappa shape index (κ3) is 8.44. The maximum atomic E-state index is 14.7. The summed E-state index contributed by atoms with van der Waals surface area (Å²) >= 11 is 0. The number of anilines is 1. The molecule has 3 aromatic rings. The third-order valence-corrected chi connectivity index (χ3v) is 8.84. The van der Waals surface area contributed by atoms with E-state index in [0.717, 1.165) is 11.1 Å². The van der Waals surface area contributed by atoms with E-state index in [4.69, 9.17) is 0 Å². The van der Waals surface area contributed by atoms with Gasteiger partial charge in [-0.2, -0.15) is 0 Å². The summed E-state index contributed by atoms with van der Waals surface area (Å²) in [5.41, 5.74) is 3.10. The van der Waals surface area contributed by atoms with Crippen LogP contribution in [0.25, 0.3) is 0 Å². The zero-order valence-corrected chi connectivity index (χ0v) is 26.1. The van der Waals surface area contributed by atoms with Gasteiger partial charge in [0.1, 0.15) is 17.9 Å². The lowest BCUT2D eigenvalue weighted by Gasteiger charge is -2.37. The summed E-state index contributed by atoms with van der Waals surface area (Å²) in [5.74, 6) is -2.10. The number of hydrogen-bond donors (Lipinski definition) is 3. The number of halogens is 1. The molecule has 10 heteroatoms. The fourth-order valence-corrected chi connectivity index (χ4v) is 6.08. The van der Waals surface area contributed by atoms with Crippen LogP contribution in [0.5, 0.6) is 0 Å². The highest BCUT2D eigenvalue weighted by Gasteiger charge is 2.36. The Morgan fingerprint density at radius 1 is 0.935 bits per heavy atom. The smallest absolute Gasteiger partial charge is 0.247 e. The molecule has 0 saturated carbocycles. The minimum absolute atomic E-state index is 0.00695. The topological polar surface area (TPSA) is 119 Å². The molecule has 0 aromatic heterocycles. The molecule has 1 fully saturated rings. The molecule has 2 atom stereocenters. The lowest BCUT2D eigenvalue weighted by molar-refractivity contribution is -0.142. The highest BCUT2D eigenvalue weighted by atomic mass is 19.1. The third-order valence-electron chi connectivity index (χ3n) is 8.84. The van der Waals surface area contributed by atoms with Crippen LogP contribution < -0.4 is 10.6 Å². The summed E-state index contributed by atoms with van der Waals surface area (Å²) < 4.78 is 14.7. The molecule has 5 rings (SSSR count). The van der Waals surface area contributed by atoms with E-state index >= 15 is 0 Å². The summed E-state index contributed by atoms with van der Waals surface area (Å²) in [6, 6.07) is 19.0. The number of rotatable bonds is 11. The summed E-state index contributed by atoms with van der Waals surface area (Å²) in [6.07, 6.45) is 1.37. The Labute approximate surface area is 268 Å². The second-order valence-corrected chi connectivity index (χ2v) is 12.2. The van der Waals surface area contributed by atoms with Crippen molar-refractivity contribution in [3.63, 3.8) is 0 Å². The Morgan fingerprint density at radius 2 is 1.63 bits per heavy atom. The van der Waals surface area contributed by atoms with Crippen LogP contribution in [-0.4, -0.2) is 76.2 Å². The first-order valence-electron chi connectivity index (χ1n) is 15.9. The summed E-state index contributed by atoms with van der Waals surface area (Å²) in [5, 5.41) is 15.4. The van der Waals surface area contributed by atoms with Crippen molar-refractivity contribution in [1.82, 2.24) is 15.1 Å². The number of likely N-dealkylation sites (tertiary alicyclic amines) is 1. The lowest BCUT2D eigenvalue weighted by atomic mass is 9.92. The van der Waals surface area contributed by atoms with Crippen LogP contribution in [0.4, 0.5) is 10.1 Å². The second kappa shape index (κ2) is 15.2. The number of ketones is 1. The van der Waals surface area contributed by atoms with Crippen molar-refractivity contribution in [2.75, 3.05) is 25.0 Å². The van der Waals surface area contributed by atoms with Crippen molar-refractivity contribution in [2.45, 2.75) is 70.2 Å². The molecule has 46 heavy (non-hydrogen) atoms. The highest BCUT2D eigenvalue weighted by molar-refractivity contribution is 6.00. The number of piperidine rings is 1. The number of aliphatic hydroxyl groups excluding tert-OH is 1. The minimum atomic E-state index is -1.01. The van der Waals surface area contributed by atoms with E-state index in [1.807, 2.05) is 30.3 Å². The molecular formula is C36H41FN4O5. The molecule has 1 saturated heterocycles. The van der Waals surface area contributed by atoms with Crippen molar-refractivity contribution in [3.8, 4) is 0 Å². The maximum absolute atomic E-state index is 14.7. The Bertz CT molecular complexity index is 1560. The molecule has 9 nitrogen and oxygen atoms in total. The average Bonchev–Trinajstić information content (AvgIpc) is 3.07. The molecule has 0 spiro atoms. The molecule has 0 bridgehead atoms. The number of hydrogen-bond acceptors (Lipinski definition) is 6. The van der Waals surface area contributed by atoms with Gasteiger partial charge in [0, 0.05) is 51.0 Å². The molecule has 3 N–H and O–H groups in total. The summed E-state index contributed by atoms with van der Waals surface area (Å²) in [6.45, 7) is 3.77. The van der Waals surface area contributed by atoms with Crippen molar-refractivity contribution >= 4 is 29.2 Å². The van der Waals surface area contributed by atoms with E-state index < -0.39 is 29.7 Å². The van der Waals surface area contributed by atoms with E-state index in [-0.39, 0.29) is 55.7 Å². The number of benzene rings is 3. The number of aliphatic hydroxyl groups is 1. The standard InChI is InChI=1S/C36H41FN4O5/c1-24-11-12-30(29(37)21-24)38-35(45)31(17-20-40-18-15-28(42)16-19-40)39-36(46)32-22-26-9-5-6-10-27(26)23-41(32)34(44)14-13-33(43)25-7-3-2-4-8-25/h2-12,21,28,31-32,42H,13-20,22-23H2,1H3,(H,38,45)(H,39,46)/t31-,32-/m0/s1. The van der Waals surface area contributed by atoms with Gasteiger partial charge in [0.05, 0.1) is 11.8 Å². The Kier molecular flexibility index (Phi) is 10.9. The second-order valence-electron chi connectivity index (χ2n) is 12.2. The zero-order chi connectivity index (χ0) is 32.6. The van der Waals surface area contributed by atoms with Gasteiger partial charge in [-0.15, -0.1) is 0 Å². The van der Waals surface area contributed by atoms with Gasteiger partial charge in [-0.25, -0.2) is 4.39 Å². The van der Waals surface area contributed by atoms with Crippen LogP contribution in [0, 0.1) is 12.7 Å². The quantitative estimate of drug-likeness (QED) is 0.276. The molecule has 3 amide bonds. The van der Waals surface area contributed by atoms with Crippen LogP contribution in [-0.2, 0) is 27.3 Å². The molecule has 2 heterocycles.